The number of amides is 1. The molecule has 0 spiro atoms. The molecule has 0 bridgehead atoms. The number of nitrogens with two attached hydrogens (primary N) is 1. The zero-order chi connectivity index (χ0) is 13.7. The van der Waals surface area contributed by atoms with Crippen LogP contribution in [0.3, 0.4) is 0 Å². The smallest absolute Gasteiger partial charge is 0.242 e. The third-order valence-corrected chi connectivity index (χ3v) is 2.93. The Morgan fingerprint density at radius 1 is 1.16 bits per heavy atom. The highest BCUT2D eigenvalue weighted by atomic mass is 16.2. The summed E-state index contributed by atoms with van der Waals surface area (Å²) in [7, 11) is 0. The molecule has 0 fully saturated rings. The predicted octanol–water partition coefficient (Wildman–Crippen LogP) is 1.96. The number of pyridine rings is 1. The van der Waals surface area contributed by atoms with Crippen LogP contribution in [0.5, 0.6) is 0 Å². The largest absolute Gasteiger partial charge is 0.346 e. The van der Waals surface area contributed by atoms with E-state index in [4.69, 9.17) is 5.73 Å². The molecule has 0 saturated carbocycles. The van der Waals surface area contributed by atoms with Crippen molar-refractivity contribution in [1.29, 1.82) is 0 Å². The first-order valence-electron chi connectivity index (χ1n) is 6.20. The Bertz CT molecular complexity index is 528. The van der Waals surface area contributed by atoms with E-state index in [9.17, 15) is 4.79 Å². The van der Waals surface area contributed by atoms with Crippen LogP contribution in [-0.4, -0.2) is 10.9 Å². The van der Waals surface area contributed by atoms with Gasteiger partial charge in [0.15, 0.2) is 0 Å². The molecule has 0 radical (unpaired) electrons. The third kappa shape index (κ3) is 3.39. The van der Waals surface area contributed by atoms with Gasteiger partial charge in [-0.1, -0.05) is 36.4 Å². The first-order valence-corrected chi connectivity index (χ1v) is 6.20. The van der Waals surface area contributed by atoms with Crippen molar-refractivity contribution in [2.24, 2.45) is 5.73 Å². The highest BCUT2D eigenvalue weighted by Crippen LogP contribution is 2.13. The fourth-order valence-corrected chi connectivity index (χ4v) is 1.82. The van der Waals surface area contributed by atoms with Gasteiger partial charge < -0.3 is 11.1 Å². The van der Waals surface area contributed by atoms with Gasteiger partial charge in [-0.3, -0.25) is 9.78 Å². The van der Waals surface area contributed by atoms with Crippen LogP contribution in [0.4, 0.5) is 0 Å². The van der Waals surface area contributed by atoms with Crippen LogP contribution in [0.1, 0.15) is 30.3 Å². The quantitative estimate of drug-likeness (QED) is 0.877. The molecular formula is C15H17N3O. The molecule has 1 aromatic carbocycles. The SMILES string of the molecule is C[C@H](NC(=O)C(N)c1ccccc1)c1ccccn1. The molecule has 4 nitrogen and oxygen atoms in total. The standard InChI is InChI=1S/C15H17N3O/c1-11(13-9-5-6-10-17-13)18-15(19)14(16)12-7-3-2-4-8-12/h2-11,14H,16H2,1H3,(H,18,19)/t11-,14?/m0/s1. The van der Waals surface area contributed by atoms with Gasteiger partial charge in [0.2, 0.25) is 5.91 Å². The molecule has 1 heterocycles. The van der Waals surface area contributed by atoms with Gasteiger partial charge in [0.1, 0.15) is 6.04 Å². The van der Waals surface area contributed by atoms with Crippen molar-refractivity contribution in [1.82, 2.24) is 10.3 Å². The monoisotopic (exact) mass is 255 g/mol. The van der Waals surface area contributed by atoms with Gasteiger partial charge in [0.25, 0.3) is 0 Å². The summed E-state index contributed by atoms with van der Waals surface area (Å²) >= 11 is 0. The number of nitrogens with one attached hydrogen (secondary N) is 1. The molecule has 1 amide bonds. The maximum Gasteiger partial charge on any atom is 0.242 e. The molecule has 0 aliphatic heterocycles. The normalized spacial score (nSPS) is 13.6. The molecule has 2 rings (SSSR count). The summed E-state index contributed by atoms with van der Waals surface area (Å²) in [5, 5.41) is 2.87. The maximum absolute atomic E-state index is 12.1. The number of hydrogen-bond donors (Lipinski definition) is 2. The summed E-state index contributed by atoms with van der Waals surface area (Å²) < 4.78 is 0. The topological polar surface area (TPSA) is 68.0 Å². The summed E-state index contributed by atoms with van der Waals surface area (Å²) in [6.07, 6.45) is 1.70. The Hall–Kier alpha value is -2.20. The maximum atomic E-state index is 12.1. The van der Waals surface area contributed by atoms with E-state index >= 15 is 0 Å². The van der Waals surface area contributed by atoms with Crippen LogP contribution >= 0.6 is 0 Å². The van der Waals surface area contributed by atoms with E-state index in [0.717, 1.165) is 11.3 Å². The highest BCUT2D eigenvalue weighted by Gasteiger charge is 2.18. The van der Waals surface area contributed by atoms with Crippen LogP contribution < -0.4 is 11.1 Å². The molecule has 1 aromatic heterocycles. The number of aromatic nitrogens is 1. The number of hydrogen-bond acceptors (Lipinski definition) is 3. The third-order valence-electron chi connectivity index (χ3n) is 2.93. The first-order chi connectivity index (χ1) is 9.18. The van der Waals surface area contributed by atoms with Crippen LogP contribution in [0.2, 0.25) is 0 Å². The van der Waals surface area contributed by atoms with Gasteiger partial charge in [-0.05, 0) is 24.6 Å². The van der Waals surface area contributed by atoms with Gasteiger partial charge >= 0.3 is 0 Å². The van der Waals surface area contributed by atoms with Crippen molar-refractivity contribution in [3.63, 3.8) is 0 Å². The van der Waals surface area contributed by atoms with Crippen molar-refractivity contribution in [2.75, 3.05) is 0 Å². The minimum Gasteiger partial charge on any atom is -0.346 e. The predicted molar refractivity (Wildman–Crippen MR) is 74.2 cm³/mol. The van der Waals surface area contributed by atoms with Crippen molar-refractivity contribution >= 4 is 5.91 Å². The number of nitrogens with zero attached hydrogens (tertiary/aromatic N) is 1. The van der Waals surface area contributed by atoms with Crippen molar-refractivity contribution in [2.45, 2.75) is 19.0 Å². The Labute approximate surface area is 112 Å². The zero-order valence-corrected chi connectivity index (χ0v) is 10.8. The van der Waals surface area contributed by atoms with E-state index in [2.05, 4.69) is 10.3 Å². The lowest BCUT2D eigenvalue weighted by Gasteiger charge is -2.17. The van der Waals surface area contributed by atoms with Crippen LogP contribution in [0, 0.1) is 0 Å². The van der Waals surface area contributed by atoms with Crippen molar-refractivity contribution in [3.8, 4) is 0 Å². The van der Waals surface area contributed by atoms with Crippen molar-refractivity contribution in [3.05, 3.63) is 66.0 Å². The lowest BCUT2D eigenvalue weighted by atomic mass is 10.1. The molecule has 4 heteroatoms. The number of rotatable bonds is 4. The van der Waals surface area contributed by atoms with Gasteiger partial charge in [-0.15, -0.1) is 0 Å². The summed E-state index contributed by atoms with van der Waals surface area (Å²) in [5.74, 6) is -0.204. The van der Waals surface area contributed by atoms with E-state index in [-0.39, 0.29) is 11.9 Å². The number of carbonyl (C=O) groups excluding carboxylic acids is 1. The Morgan fingerprint density at radius 2 is 1.84 bits per heavy atom. The summed E-state index contributed by atoms with van der Waals surface area (Å²) in [6, 6.07) is 14.1. The minimum absolute atomic E-state index is 0.163. The fourth-order valence-electron chi connectivity index (χ4n) is 1.82. The second-order valence-electron chi connectivity index (χ2n) is 4.37. The molecule has 0 aliphatic rings. The van der Waals surface area contributed by atoms with Gasteiger partial charge in [-0.2, -0.15) is 0 Å². The summed E-state index contributed by atoms with van der Waals surface area (Å²) in [5.41, 5.74) is 7.55. The van der Waals surface area contributed by atoms with Crippen LogP contribution in [0.25, 0.3) is 0 Å². The van der Waals surface area contributed by atoms with Gasteiger partial charge in [0, 0.05) is 6.20 Å². The van der Waals surface area contributed by atoms with E-state index < -0.39 is 6.04 Å². The molecule has 3 N–H and O–H groups in total. The summed E-state index contributed by atoms with van der Waals surface area (Å²) in [4.78, 5) is 16.3. The second-order valence-corrected chi connectivity index (χ2v) is 4.37. The highest BCUT2D eigenvalue weighted by molar-refractivity contribution is 5.83. The lowest BCUT2D eigenvalue weighted by Crippen LogP contribution is -2.35. The van der Waals surface area contributed by atoms with E-state index in [0.29, 0.717) is 0 Å². The number of carbonyl (C=O) groups is 1. The second kappa shape index (κ2) is 6.11. The first kappa shape index (κ1) is 13.2. The fraction of sp³-hybridized carbons (Fsp3) is 0.200. The summed E-state index contributed by atoms with van der Waals surface area (Å²) in [6.45, 7) is 1.89. The average Bonchev–Trinajstić information content (AvgIpc) is 2.48. The Morgan fingerprint density at radius 3 is 2.47 bits per heavy atom. The Kier molecular flexibility index (Phi) is 4.26. The van der Waals surface area contributed by atoms with Gasteiger partial charge in [-0.25, -0.2) is 0 Å². The molecule has 1 unspecified atom stereocenters. The molecule has 98 valence electrons. The van der Waals surface area contributed by atoms with Crippen molar-refractivity contribution < 1.29 is 4.79 Å². The van der Waals surface area contributed by atoms with Crippen LogP contribution in [0.15, 0.2) is 54.7 Å². The van der Waals surface area contributed by atoms with E-state index in [1.54, 1.807) is 6.20 Å². The molecule has 0 aliphatic carbocycles. The van der Waals surface area contributed by atoms with Crippen LogP contribution in [-0.2, 0) is 4.79 Å². The minimum atomic E-state index is -0.660. The number of benzene rings is 1. The molecule has 2 aromatic rings. The molecular weight excluding hydrogens is 238 g/mol. The molecule has 2 atom stereocenters. The Balaban J connectivity index is 2.02. The van der Waals surface area contributed by atoms with E-state index in [1.807, 2.05) is 55.5 Å². The average molecular weight is 255 g/mol. The zero-order valence-electron chi connectivity index (χ0n) is 10.8. The molecule has 0 saturated heterocycles. The molecule has 19 heavy (non-hydrogen) atoms. The lowest BCUT2D eigenvalue weighted by molar-refractivity contribution is -0.123. The van der Waals surface area contributed by atoms with Gasteiger partial charge in [0.05, 0.1) is 11.7 Å². The van der Waals surface area contributed by atoms with E-state index in [1.165, 1.54) is 0 Å².